The van der Waals surface area contributed by atoms with Crippen LogP contribution in [0.25, 0.3) is 10.9 Å². The van der Waals surface area contributed by atoms with Gasteiger partial charge in [0.1, 0.15) is 6.54 Å². The smallest absolute Gasteiger partial charge is 0.325 e. The number of esters is 1. The molecule has 0 saturated heterocycles. The summed E-state index contributed by atoms with van der Waals surface area (Å²) in [6.45, 7) is 1.96. The molecule has 1 aromatic carbocycles. The molecule has 0 spiro atoms. The number of nitrogens with zero attached hydrogens (tertiary/aromatic N) is 2. The van der Waals surface area contributed by atoms with Crippen molar-refractivity contribution in [3.8, 4) is 0 Å². The van der Waals surface area contributed by atoms with Crippen LogP contribution in [0.3, 0.4) is 0 Å². The van der Waals surface area contributed by atoms with Gasteiger partial charge < -0.3 is 9.64 Å². The van der Waals surface area contributed by atoms with E-state index in [0.717, 1.165) is 5.39 Å². The van der Waals surface area contributed by atoms with Crippen molar-refractivity contribution < 1.29 is 14.3 Å². The van der Waals surface area contributed by atoms with Gasteiger partial charge in [0.2, 0.25) is 0 Å². The van der Waals surface area contributed by atoms with E-state index in [9.17, 15) is 9.59 Å². The van der Waals surface area contributed by atoms with E-state index in [1.165, 1.54) is 4.90 Å². The van der Waals surface area contributed by atoms with Gasteiger partial charge in [0.15, 0.2) is 0 Å². The van der Waals surface area contributed by atoms with Crippen molar-refractivity contribution in [1.29, 1.82) is 0 Å². The van der Waals surface area contributed by atoms with E-state index < -0.39 is 5.97 Å². The fourth-order valence-electron chi connectivity index (χ4n) is 1.95. The van der Waals surface area contributed by atoms with Crippen molar-refractivity contribution in [3.63, 3.8) is 0 Å². The maximum absolute atomic E-state index is 12.4. The van der Waals surface area contributed by atoms with Crippen LogP contribution in [-0.4, -0.2) is 42.0 Å². The average molecular weight is 272 g/mol. The Labute approximate surface area is 117 Å². The van der Waals surface area contributed by atoms with Gasteiger partial charge in [-0.3, -0.25) is 14.6 Å². The maximum Gasteiger partial charge on any atom is 0.325 e. The van der Waals surface area contributed by atoms with Gasteiger partial charge in [-0.2, -0.15) is 0 Å². The summed E-state index contributed by atoms with van der Waals surface area (Å²) in [5, 5.41) is 0.892. The van der Waals surface area contributed by atoms with Crippen LogP contribution in [0.2, 0.25) is 0 Å². The third-order valence-corrected chi connectivity index (χ3v) is 2.88. The van der Waals surface area contributed by atoms with Crippen LogP contribution in [-0.2, 0) is 9.53 Å². The minimum absolute atomic E-state index is 0.0735. The number of fused-ring (bicyclic) bond motifs is 1. The molecule has 0 saturated carbocycles. The summed E-state index contributed by atoms with van der Waals surface area (Å²) in [5.41, 5.74) is 1.12. The second-order valence-corrected chi connectivity index (χ2v) is 4.35. The standard InChI is InChI=1S/C15H16N2O3/c1-3-20-13(18)10-17(2)15(19)12-8-4-6-11-7-5-9-16-14(11)12/h4-9H,3,10H2,1-2H3. The molecule has 0 aliphatic carbocycles. The first-order valence-electron chi connectivity index (χ1n) is 6.38. The molecule has 0 N–H and O–H groups in total. The van der Waals surface area contributed by atoms with E-state index in [0.29, 0.717) is 17.7 Å². The van der Waals surface area contributed by atoms with Gasteiger partial charge in [0.25, 0.3) is 5.91 Å². The number of ether oxygens (including phenoxy) is 1. The number of hydrogen-bond donors (Lipinski definition) is 0. The Morgan fingerprint density at radius 1 is 1.25 bits per heavy atom. The molecule has 0 aliphatic heterocycles. The van der Waals surface area contributed by atoms with Crippen LogP contribution in [0.15, 0.2) is 36.5 Å². The number of amides is 1. The lowest BCUT2D eigenvalue weighted by Crippen LogP contribution is -2.33. The number of carbonyl (C=O) groups is 2. The van der Waals surface area contributed by atoms with E-state index in [1.54, 1.807) is 32.3 Å². The molecule has 0 bridgehead atoms. The van der Waals surface area contributed by atoms with Crippen LogP contribution in [0.4, 0.5) is 0 Å². The Bertz CT molecular complexity index is 635. The summed E-state index contributed by atoms with van der Waals surface area (Å²) in [6, 6.07) is 9.11. The number of aromatic nitrogens is 1. The molecule has 0 aliphatic rings. The minimum Gasteiger partial charge on any atom is -0.465 e. The summed E-state index contributed by atoms with van der Waals surface area (Å²) in [5.74, 6) is -0.668. The number of pyridine rings is 1. The summed E-state index contributed by atoms with van der Waals surface area (Å²) >= 11 is 0. The summed E-state index contributed by atoms with van der Waals surface area (Å²) in [6.07, 6.45) is 1.64. The fraction of sp³-hybridized carbons (Fsp3) is 0.267. The number of rotatable bonds is 4. The highest BCUT2D eigenvalue weighted by atomic mass is 16.5. The Morgan fingerprint density at radius 2 is 2.00 bits per heavy atom. The first-order valence-corrected chi connectivity index (χ1v) is 6.38. The topological polar surface area (TPSA) is 59.5 Å². The van der Waals surface area contributed by atoms with Crippen molar-refractivity contribution >= 4 is 22.8 Å². The van der Waals surface area contributed by atoms with Gasteiger partial charge in [-0.15, -0.1) is 0 Å². The van der Waals surface area contributed by atoms with Crippen molar-refractivity contribution in [2.24, 2.45) is 0 Å². The molecule has 20 heavy (non-hydrogen) atoms. The molecule has 104 valence electrons. The molecule has 0 atom stereocenters. The predicted molar refractivity (Wildman–Crippen MR) is 75.3 cm³/mol. The predicted octanol–water partition coefficient (Wildman–Crippen LogP) is 1.87. The number of benzene rings is 1. The number of hydrogen-bond acceptors (Lipinski definition) is 4. The lowest BCUT2D eigenvalue weighted by molar-refractivity contribution is -0.143. The molecule has 5 heteroatoms. The molecule has 5 nitrogen and oxygen atoms in total. The molecule has 0 unspecified atom stereocenters. The van der Waals surface area contributed by atoms with E-state index in [1.807, 2.05) is 18.2 Å². The molecule has 0 radical (unpaired) electrons. The van der Waals surface area contributed by atoms with Gasteiger partial charge in [-0.05, 0) is 19.1 Å². The molecular formula is C15H16N2O3. The average Bonchev–Trinajstić information content (AvgIpc) is 2.46. The Hall–Kier alpha value is -2.43. The number of likely N-dealkylation sites (N-methyl/N-ethyl adjacent to an activating group) is 1. The SMILES string of the molecule is CCOC(=O)CN(C)C(=O)c1cccc2cccnc12. The highest BCUT2D eigenvalue weighted by molar-refractivity contribution is 6.06. The van der Waals surface area contributed by atoms with E-state index in [4.69, 9.17) is 4.74 Å². The molecule has 0 fully saturated rings. The third kappa shape index (κ3) is 2.93. The zero-order chi connectivity index (χ0) is 14.5. The zero-order valence-corrected chi connectivity index (χ0v) is 11.5. The van der Waals surface area contributed by atoms with Crippen molar-refractivity contribution in [1.82, 2.24) is 9.88 Å². The summed E-state index contributed by atoms with van der Waals surface area (Å²) < 4.78 is 4.84. The third-order valence-electron chi connectivity index (χ3n) is 2.88. The quantitative estimate of drug-likeness (QED) is 0.797. The van der Waals surface area contributed by atoms with E-state index in [-0.39, 0.29) is 12.5 Å². The summed E-state index contributed by atoms with van der Waals surface area (Å²) in [4.78, 5) is 29.4. The lowest BCUT2D eigenvalue weighted by Gasteiger charge is -2.16. The van der Waals surface area contributed by atoms with Gasteiger partial charge in [-0.25, -0.2) is 0 Å². The van der Waals surface area contributed by atoms with Crippen LogP contribution >= 0.6 is 0 Å². The van der Waals surface area contributed by atoms with Crippen LogP contribution in [0, 0.1) is 0 Å². The largest absolute Gasteiger partial charge is 0.465 e. The minimum atomic E-state index is -0.420. The van der Waals surface area contributed by atoms with Gasteiger partial charge in [0, 0.05) is 18.6 Å². The van der Waals surface area contributed by atoms with E-state index in [2.05, 4.69) is 4.98 Å². The highest BCUT2D eigenvalue weighted by Crippen LogP contribution is 2.17. The summed E-state index contributed by atoms with van der Waals surface area (Å²) in [7, 11) is 1.57. The maximum atomic E-state index is 12.4. The molecule has 1 aromatic heterocycles. The first-order chi connectivity index (χ1) is 9.63. The van der Waals surface area contributed by atoms with Gasteiger partial charge in [0.05, 0.1) is 17.7 Å². The second kappa shape index (κ2) is 6.14. The molecule has 2 aromatic rings. The lowest BCUT2D eigenvalue weighted by atomic mass is 10.1. The van der Waals surface area contributed by atoms with Crippen molar-refractivity contribution in [3.05, 3.63) is 42.1 Å². The Balaban J connectivity index is 2.25. The van der Waals surface area contributed by atoms with Crippen molar-refractivity contribution in [2.75, 3.05) is 20.2 Å². The molecule has 2 rings (SSSR count). The molecule has 1 amide bonds. The molecular weight excluding hydrogens is 256 g/mol. The number of para-hydroxylation sites is 1. The first kappa shape index (κ1) is 14.0. The monoisotopic (exact) mass is 272 g/mol. The van der Waals surface area contributed by atoms with Crippen molar-refractivity contribution in [2.45, 2.75) is 6.92 Å². The van der Waals surface area contributed by atoms with Gasteiger partial charge in [-0.1, -0.05) is 18.2 Å². The second-order valence-electron chi connectivity index (χ2n) is 4.35. The molecule has 1 heterocycles. The Kier molecular flexibility index (Phi) is 4.30. The van der Waals surface area contributed by atoms with Crippen LogP contribution < -0.4 is 0 Å². The van der Waals surface area contributed by atoms with Crippen LogP contribution in [0.1, 0.15) is 17.3 Å². The normalized spacial score (nSPS) is 10.3. The number of carbonyl (C=O) groups excluding carboxylic acids is 2. The highest BCUT2D eigenvalue weighted by Gasteiger charge is 2.18. The van der Waals surface area contributed by atoms with E-state index >= 15 is 0 Å². The zero-order valence-electron chi connectivity index (χ0n) is 11.5. The Morgan fingerprint density at radius 3 is 2.75 bits per heavy atom. The van der Waals surface area contributed by atoms with Gasteiger partial charge >= 0.3 is 5.97 Å². The van der Waals surface area contributed by atoms with Crippen LogP contribution in [0.5, 0.6) is 0 Å². The fourth-order valence-corrected chi connectivity index (χ4v) is 1.95.